The molecule has 6 heteroatoms. The van der Waals surface area contributed by atoms with Crippen molar-refractivity contribution in [2.45, 2.75) is 32.4 Å². The number of hydrogen-bond donors (Lipinski definition) is 1. The highest BCUT2D eigenvalue weighted by atomic mass is 35.5. The SMILES string of the molecule is CC(=O)N1CCC(N(C)Cc2ccc(C=CC(=O)Nc3ccc(-c4ccc(Cl)cc4)cc3)cc2)CC1. The number of nitrogens with one attached hydrogen (secondary N) is 1. The zero-order valence-electron chi connectivity index (χ0n) is 20.8. The number of hydrogen-bond acceptors (Lipinski definition) is 3. The van der Waals surface area contributed by atoms with E-state index in [2.05, 4.69) is 29.4 Å². The predicted molar refractivity (Wildman–Crippen MR) is 148 cm³/mol. The van der Waals surface area contributed by atoms with E-state index in [-0.39, 0.29) is 11.8 Å². The van der Waals surface area contributed by atoms with Crippen LogP contribution in [-0.4, -0.2) is 47.8 Å². The van der Waals surface area contributed by atoms with Crippen LogP contribution in [0.4, 0.5) is 5.69 Å². The van der Waals surface area contributed by atoms with E-state index in [9.17, 15) is 9.59 Å². The predicted octanol–water partition coefficient (Wildman–Crippen LogP) is 6.10. The van der Waals surface area contributed by atoms with Gasteiger partial charge in [0.25, 0.3) is 0 Å². The van der Waals surface area contributed by atoms with Crippen LogP contribution in [0.25, 0.3) is 17.2 Å². The molecular formula is C30H32ClN3O2. The van der Waals surface area contributed by atoms with Crippen LogP contribution in [0.1, 0.15) is 30.9 Å². The number of carbonyl (C=O) groups excluding carboxylic acids is 2. The van der Waals surface area contributed by atoms with Crippen molar-refractivity contribution in [1.82, 2.24) is 9.80 Å². The van der Waals surface area contributed by atoms with E-state index in [0.29, 0.717) is 11.1 Å². The molecule has 186 valence electrons. The second kappa shape index (κ2) is 12.0. The van der Waals surface area contributed by atoms with Crippen molar-refractivity contribution in [3.63, 3.8) is 0 Å². The van der Waals surface area contributed by atoms with Gasteiger partial charge in [-0.15, -0.1) is 0 Å². The first-order chi connectivity index (χ1) is 17.4. The summed E-state index contributed by atoms with van der Waals surface area (Å²) in [7, 11) is 2.15. The third-order valence-corrected chi connectivity index (χ3v) is 6.95. The molecule has 3 aromatic carbocycles. The summed E-state index contributed by atoms with van der Waals surface area (Å²) in [5.41, 5.74) is 5.09. The lowest BCUT2D eigenvalue weighted by atomic mass is 10.0. The normalized spacial score (nSPS) is 14.4. The van der Waals surface area contributed by atoms with Crippen LogP contribution in [-0.2, 0) is 16.1 Å². The van der Waals surface area contributed by atoms with Crippen LogP contribution >= 0.6 is 11.6 Å². The first-order valence-electron chi connectivity index (χ1n) is 12.3. The fourth-order valence-corrected chi connectivity index (χ4v) is 4.64. The van der Waals surface area contributed by atoms with Gasteiger partial charge < -0.3 is 10.2 Å². The molecule has 0 aliphatic carbocycles. The molecule has 0 saturated carbocycles. The van der Waals surface area contributed by atoms with E-state index in [1.807, 2.05) is 71.6 Å². The number of amides is 2. The standard InChI is InChI=1S/C30H32ClN3O2/c1-22(35)34-19-17-29(18-20-34)33(2)21-24-5-3-23(4-6-24)7-16-30(36)32-28-14-10-26(11-15-28)25-8-12-27(31)13-9-25/h3-16,29H,17-21H2,1-2H3,(H,32,36). The van der Waals surface area contributed by atoms with E-state index >= 15 is 0 Å². The van der Waals surface area contributed by atoms with E-state index < -0.39 is 0 Å². The van der Waals surface area contributed by atoms with Gasteiger partial charge in [-0.2, -0.15) is 0 Å². The minimum atomic E-state index is -0.171. The topological polar surface area (TPSA) is 52.7 Å². The number of piperidine rings is 1. The maximum absolute atomic E-state index is 12.4. The Morgan fingerprint density at radius 1 is 0.944 bits per heavy atom. The summed E-state index contributed by atoms with van der Waals surface area (Å²) < 4.78 is 0. The van der Waals surface area contributed by atoms with Crippen LogP contribution < -0.4 is 5.32 Å². The zero-order chi connectivity index (χ0) is 25.5. The van der Waals surface area contributed by atoms with Crippen molar-refractivity contribution >= 4 is 35.2 Å². The second-order valence-corrected chi connectivity index (χ2v) is 9.74. The molecule has 0 spiro atoms. The Labute approximate surface area is 218 Å². The first-order valence-corrected chi connectivity index (χ1v) is 12.6. The molecule has 1 saturated heterocycles. The average molecular weight is 502 g/mol. The lowest BCUT2D eigenvalue weighted by molar-refractivity contribution is -0.130. The molecule has 1 aliphatic heterocycles. The number of benzene rings is 3. The average Bonchev–Trinajstić information content (AvgIpc) is 2.89. The smallest absolute Gasteiger partial charge is 0.248 e. The van der Waals surface area contributed by atoms with Gasteiger partial charge in [-0.3, -0.25) is 14.5 Å². The molecule has 0 radical (unpaired) electrons. The molecule has 0 aromatic heterocycles. The maximum Gasteiger partial charge on any atom is 0.248 e. The Morgan fingerprint density at radius 3 is 2.11 bits per heavy atom. The van der Waals surface area contributed by atoms with Crippen LogP contribution in [0.5, 0.6) is 0 Å². The third-order valence-electron chi connectivity index (χ3n) is 6.70. The Balaban J connectivity index is 1.26. The van der Waals surface area contributed by atoms with Crippen molar-refractivity contribution in [2.24, 2.45) is 0 Å². The lowest BCUT2D eigenvalue weighted by Gasteiger charge is -2.36. The maximum atomic E-state index is 12.4. The fourth-order valence-electron chi connectivity index (χ4n) is 4.52. The molecule has 4 rings (SSSR count). The van der Waals surface area contributed by atoms with Crippen molar-refractivity contribution in [3.8, 4) is 11.1 Å². The monoisotopic (exact) mass is 501 g/mol. The number of rotatable bonds is 7. The van der Waals surface area contributed by atoms with Gasteiger partial charge in [-0.1, -0.05) is 60.1 Å². The zero-order valence-corrected chi connectivity index (χ0v) is 21.5. The molecule has 5 nitrogen and oxygen atoms in total. The Morgan fingerprint density at radius 2 is 1.53 bits per heavy atom. The van der Waals surface area contributed by atoms with Crippen LogP contribution in [0.15, 0.2) is 78.9 Å². The van der Waals surface area contributed by atoms with E-state index in [1.165, 1.54) is 5.56 Å². The van der Waals surface area contributed by atoms with Crippen LogP contribution in [0, 0.1) is 0 Å². The molecule has 1 aliphatic rings. The van der Waals surface area contributed by atoms with E-state index in [4.69, 9.17) is 11.6 Å². The van der Waals surface area contributed by atoms with Crippen molar-refractivity contribution in [3.05, 3.63) is 95.0 Å². The molecule has 1 heterocycles. The molecule has 36 heavy (non-hydrogen) atoms. The highest BCUT2D eigenvalue weighted by Gasteiger charge is 2.23. The molecule has 0 atom stereocenters. The summed E-state index contributed by atoms with van der Waals surface area (Å²) in [5.74, 6) is -0.00422. The van der Waals surface area contributed by atoms with E-state index in [0.717, 1.165) is 54.9 Å². The molecule has 1 N–H and O–H groups in total. The Bertz CT molecular complexity index is 1200. The molecule has 0 bridgehead atoms. The number of carbonyl (C=O) groups is 2. The Hall–Kier alpha value is -3.41. The largest absolute Gasteiger partial charge is 0.343 e. The number of halogens is 1. The summed E-state index contributed by atoms with van der Waals surface area (Å²) in [5, 5.41) is 3.61. The van der Waals surface area contributed by atoms with Crippen LogP contribution in [0.3, 0.4) is 0 Å². The minimum absolute atomic E-state index is 0.167. The van der Waals surface area contributed by atoms with Gasteiger partial charge >= 0.3 is 0 Å². The van der Waals surface area contributed by atoms with Crippen molar-refractivity contribution in [2.75, 3.05) is 25.5 Å². The van der Waals surface area contributed by atoms with Gasteiger partial charge in [-0.25, -0.2) is 0 Å². The summed E-state index contributed by atoms with van der Waals surface area (Å²) >= 11 is 5.96. The highest BCUT2D eigenvalue weighted by Crippen LogP contribution is 2.23. The van der Waals surface area contributed by atoms with Gasteiger partial charge in [-0.05, 0) is 72.5 Å². The van der Waals surface area contributed by atoms with Gasteiger partial charge in [0.15, 0.2) is 0 Å². The molecule has 2 amide bonds. The first kappa shape index (κ1) is 25.7. The lowest BCUT2D eigenvalue weighted by Crippen LogP contribution is -2.44. The van der Waals surface area contributed by atoms with Gasteiger partial charge in [0.1, 0.15) is 0 Å². The van der Waals surface area contributed by atoms with Crippen molar-refractivity contribution < 1.29 is 9.59 Å². The molecular weight excluding hydrogens is 470 g/mol. The van der Waals surface area contributed by atoms with Gasteiger partial charge in [0.05, 0.1) is 0 Å². The number of likely N-dealkylation sites (tertiary alicyclic amines) is 1. The Kier molecular flexibility index (Phi) is 8.57. The summed E-state index contributed by atoms with van der Waals surface area (Å²) in [6, 6.07) is 24.2. The number of nitrogens with zero attached hydrogens (tertiary/aromatic N) is 2. The summed E-state index contributed by atoms with van der Waals surface area (Å²) in [6.45, 7) is 4.18. The van der Waals surface area contributed by atoms with Gasteiger partial charge in [0.2, 0.25) is 11.8 Å². The highest BCUT2D eigenvalue weighted by molar-refractivity contribution is 6.30. The van der Waals surface area contributed by atoms with Crippen LogP contribution in [0.2, 0.25) is 5.02 Å². The molecule has 0 unspecified atom stereocenters. The summed E-state index contributed by atoms with van der Waals surface area (Å²) in [6.07, 6.45) is 5.39. The van der Waals surface area contributed by atoms with Crippen molar-refractivity contribution in [1.29, 1.82) is 0 Å². The molecule has 3 aromatic rings. The minimum Gasteiger partial charge on any atom is -0.343 e. The van der Waals surface area contributed by atoms with Gasteiger partial charge in [0, 0.05) is 49.4 Å². The molecule has 1 fully saturated rings. The second-order valence-electron chi connectivity index (χ2n) is 9.30. The third kappa shape index (κ3) is 7.06. The van der Waals surface area contributed by atoms with E-state index in [1.54, 1.807) is 13.0 Å². The quantitative estimate of drug-likeness (QED) is 0.398. The number of anilines is 1. The fraction of sp³-hybridized carbons (Fsp3) is 0.267. The summed E-state index contributed by atoms with van der Waals surface area (Å²) in [4.78, 5) is 28.2.